The molecule has 1 aromatic heterocycles. The second-order valence-electron chi connectivity index (χ2n) is 7.80. The molecule has 1 heterocycles. The molecule has 0 unspecified atom stereocenters. The van der Waals surface area contributed by atoms with Gasteiger partial charge in [-0.25, -0.2) is 9.97 Å². The lowest BCUT2D eigenvalue weighted by atomic mass is 10.4. The van der Waals surface area contributed by atoms with Gasteiger partial charge in [-0.2, -0.15) is 0 Å². The van der Waals surface area contributed by atoms with E-state index in [9.17, 15) is 0 Å². The number of azide groups is 1. The summed E-state index contributed by atoms with van der Waals surface area (Å²) in [6, 6.07) is 1.11. The number of thioether (sulfide) groups is 1. The van der Waals surface area contributed by atoms with Crippen molar-refractivity contribution in [3.63, 3.8) is 0 Å². The van der Waals surface area contributed by atoms with Gasteiger partial charge in [0.1, 0.15) is 0 Å². The van der Waals surface area contributed by atoms with E-state index in [1.165, 1.54) is 0 Å². The first kappa shape index (κ1) is 26.0. The zero-order chi connectivity index (χ0) is 21.6. The van der Waals surface area contributed by atoms with Crippen LogP contribution in [0.15, 0.2) is 22.7 Å². The average Bonchev–Trinajstić information content (AvgIpc) is 2.67. The summed E-state index contributed by atoms with van der Waals surface area (Å²) in [5, 5.41) is 5.08. The van der Waals surface area contributed by atoms with Crippen molar-refractivity contribution in [2.45, 2.75) is 50.4 Å². The Morgan fingerprint density at radius 1 is 1.10 bits per heavy atom. The summed E-state index contributed by atoms with van der Waals surface area (Å²) in [7, 11) is -3.45. The number of hydrogen-bond donors (Lipinski definition) is 1. The quantitative estimate of drug-likeness (QED) is 0.0760. The Kier molecular flexibility index (Phi) is 12.7. The van der Waals surface area contributed by atoms with Crippen LogP contribution in [0.3, 0.4) is 0 Å². The van der Waals surface area contributed by atoms with E-state index in [2.05, 4.69) is 46.2 Å². The van der Waals surface area contributed by atoms with Crippen LogP contribution >= 0.6 is 11.8 Å². The summed E-state index contributed by atoms with van der Waals surface area (Å²) in [4.78, 5) is 11.5. The van der Waals surface area contributed by atoms with Crippen LogP contribution in [0, 0.1) is 0 Å². The van der Waals surface area contributed by atoms with Gasteiger partial charge in [-0.05, 0) is 50.7 Å². The highest BCUT2D eigenvalue weighted by molar-refractivity contribution is 8.00. The van der Waals surface area contributed by atoms with Crippen molar-refractivity contribution in [2.75, 3.05) is 38.3 Å². The lowest BCUT2D eigenvalue weighted by molar-refractivity contribution is 0.0431. The van der Waals surface area contributed by atoms with Gasteiger partial charge in [0.2, 0.25) is 0 Å². The van der Waals surface area contributed by atoms with Crippen LogP contribution in [0.4, 0.5) is 0 Å². The molecule has 9 nitrogen and oxygen atoms in total. The van der Waals surface area contributed by atoms with Crippen molar-refractivity contribution in [3.05, 3.63) is 28.4 Å². The molecule has 0 spiro atoms. The van der Waals surface area contributed by atoms with Gasteiger partial charge in [-0.15, -0.1) is 0 Å². The van der Waals surface area contributed by atoms with E-state index in [4.69, 9.17) is 24.9 Å². The molecule has 1 aromatic rings. The summed E-state index contributed by atoms with van der Waals surface area (Å²) in [5.41, 5.74) is 14.7. The molecule has 0 aliphatic carbocycles. The average molecular weight is 459 g/mol. The van der Waals surface area contributed by atoms with Crippen molar-refractivity contribution in [1.29, 1.82) is 0 Å². The molecule has 0 fully saturated rings. The molecule has 1 rings (SSSR count). The highest BCUT2D eigenvalue weighted by atomic mass is 32.2. The van der Waals surface area contributed by atoms with Gasteiger partial charge < -0.3 is 19.3 Å². The summed E-state index contributed by atoms with van der Waals surface area (Å²) in [5.74, 6) is 0. The maximum absolute atomic E-state index is 8.16. The van der Waals surface area contributed by atoms with E-state index in [1.807, 2.05) is 0 Å². The van der Waals surface area contributed by atoms with E-state index < -0.39 is 16.6 Å². The number of aromatic nitrogens is 2. The van der Waals surface area contributed by atoms with Crippen molar-refractivity contribution in [1.82, 2.24) is 9.97 Å². The standard InChI is InChI=1S/C17H34N6O3SSi2/c1-28(2,11-5-6-18)26-29(3,4)15-27-17-20-12-16(13-21-17)14-25-10-9-24-8-7-22-23-19/h12-13H,5-11,14-15,18H2,1-4H3. The Balaban J connectivity index is 2.30. The fourth-order valence-corrected chi connectivity index (χ4v) is 13.0. The third-order valence-corrected chi connectivity index (χ3v) is 13.6. The molecule has 29 heavy (non-hydrogen) atoms. The number of ether oxygens (including phenoxy) is 2. The minimum Gasteiger partial charge on any atom is -0.455 e. The van der Waals surface area contributed by atoms with Crippen LogP contribution in [0.25, 0.3) is 10.4 Å². The van der Waals surface area contributed by atoms with Gasteiger partial charge in [-0.3, -0.25) is 0 Å². The topological polar surface area (TPSA) is 128 Å². The van der Waals surface area contributed by atoms with Crippen molar-refractivity contribution in [2.24, 2.45) is 10.8 Å². The minimum absolute atomic E-state index is 0.335. The van der Waals surface area contributed by atoms with Gasteiger partial charge in [0, 0.05) is 34.8 Å². The first-order valence-electron chi connectivity index (χ1n) is 9.78. The van der Waals surface area contributed by atoms with Gasteiger partial charge in [0.05, 0.1) is 26.4 Å². The Bertz CT molecular complexity index is 630. The molecule has 0 bridgehead atoms. The summed E-state index contributed by atoms with van der Waals surface area (Å²) in [6.45, 7) is 11.9. The third kappa shape index (κ3) is 13.0. The number of rotatable bonds is 16. The summed E-state index contributed by atoms with van der Waals surface area (Å²) in [6.07, 6.45) is 4.63. The van der Waals surface area contributed by atoms with Crippen LogP contribution in [-0.4, -0.2) is 64.9 Å². The Hall–Kier alpha value is -0.986. The lowest BCUT2D eigenvalue weighted by Crippen LogP contribution is -2.46. The van der Waals surface area contributed by atoms with E-state index in [0.717, 1.165) is 35.1 Å². The maximum Gasteiger partial charge on any atom is 0.187 e. The highest BCUT2D eigenvalue weighted by Gasteiger charge is 2.32. The van der Waals surface area contributed by atoms with E-state index in [-0.39, 0.29) is 0 Å². The normalized spacial score (nSPS) is 12.0. The molecule has 164 valence electrons. The van der Waals surface area contributed by atoms with Crippen molar-refractivity contribution < 1.29 is 13.6 Å². The molecule has 0 aliphatic rings. The summed E-state index contributed by atoms with van der Waals surface area (Å²) < 4.78 is 17.4. The van der Waals surface area contributed by atoms with Crippen LogP contribution < -0.4 is 5.73 Å². The molecule has 0 aliphatic heterocycles. The SMILES string of the molecule is C[Si](C)(CCCN)O[Si](C)(C)CSc1ncc(COCCOCCN=[N+]=[N-])cn1. The molecule has 0 aromatic carbocycles. The second-order valence-corrected chi connectivity index (χ2v) is 18.0. The van der Waals surface area contributed by atoms with Crippen molar-refractivity contribution >= 4 is 28.4 Å². The zero-order valence-corrected chi connectivity index (χ0v) is 20.8. The van der Waals surface area contributed by atoms with Crippen LogP contribution in [0.2, 0.25) is 32.2 Å². The lowest BCUT2D eigenvalue weighted by Gasteiger charge is -2.33. The smallest absolute Gasteiger partial charge is 0.187 e. The van der Waals surface area contributed by atoms with Gasteiger partial charge in [-0.1, -0.05) is 16.9 Å². The molecule has 12 heteroatoms. The highest BCUT2D eigenvalue weighted by Crippen LogP contribution is 2.24. The van der Waals surface area contributed by atoms with E-state index in [0.29, 0.717) is 33.0 Å². The molecule has 0 radical (unpaired) electrons. The predicted octanol–water partition coefficient (Wildman–Crippen LogP) is 3.73. The first-order chi connectivity index (χ1) is 13.8. The monoisotopic (exact) mass is 458 g/mol. The van der Waals surface area contributed by atoms with Gasteiger partial charge in [0.15, 0.2) is 21.8 Å². The zero-order valence-electron chi connectivity index (χ0n) is 18.0. The fourth-order valence-electron chi connectivity index (χ4n) is 2.65. The summed E-state index contributed by atoms with van der Waals surface area (Å²) >= 11 is 1.66. The molecule has 2 N–H and O–H groups in total. The molecular formula is C17H34N6O3SSi2. The largest absolute Gasteiger partial charge is 0.455 e. The van der Waals surface area contributed by atoms with Gasteiger partial charge in [0.25, 0.3) is 0 Å². The Morgan fingerprint density at radius 2 is 1.79 bits per heavy atom. The number of hydrogen-bond acceptors (Lipinski definition) is 8. The van der Waals surface area contributed by atoms with Crippen molar-refractivity contribution in [3.8, 4) is 0 Å². The Labute approximate surface area is 180 Å². The second kappa shape index (κ2) is 14.1. The van der Waals surface area contributed by atoms with E-state index >= 15 is 0 Å². The molecular weight excluding hydrogens is 424 g/mol. The molecule has 0 atom stereocenters. The maximum atomic E-state index is 8.16. The predicted molar refractivity (Wildman–Crippen MR) is 122 cm³/mol. The third-order valence-electron chi connectivity index (χ3n) is 3.81. The first-order valence-corrected chi connectivity index (χ1v) is 17.0. The number of nitrogens with two attached hydrogens (primary N) is 1. The minimum atomic E-state index is -1.79. The van der Waals surface area contributed by atoms with Crippen LogP contribution in [-0.2, 0) is 20.2 Å². The molecule has 0 amide bonds. The fraction of sp³-hybridized carbons (Fsp3) is 0.765. The number of nitrogens with zero attached hydrogens (tertiary/aromatic N) is 5. The molecule has 0 saturated heterocycles. The Morgan fingerprint density at radius 3 is 2.45 bits per heavy atom. The molecule has 0 saturated carbocycles. The van der Waals surface area contributed by atoms with Gasteiger partial charge >= 0.3 is 0 Å². The van der Waals surface area contributed by atoms with E-state index in [1.54, 1.807) is 24.2 Å². The van der Waals surface area contributed by atoms with Crippen LogP contribution in [0.5, 0.6) is 0 Å². The van der Waals surface area contributed by atoms with Crippen LogP contribution in [0.1, 0.15) is 12.0 Å².